The van der Waals surface area contributed by atoms with Crippen molar-refractivity contribution in [3.8, 4) is 0 Å². The van der Waals surface area contributed by atoms with E-state index in [2.05, 4.69) is 25.5 Å². The highest BCUT2D eigenvalue weighted by molar-refractivity contribution is 6.35. The summed E-state index contributed by atoms with van der Waals surface area (Å²) in [6, 6.07) is 5.58. The number of nitrogens with two attached hydrogens (primary N) is 1. The Morgan fingerprint density at radius 2 is 2.15 bits per heavy atom. The van der Waals surface area contributed by atoms with Crippen LogP contribution in [0.3, 0.4) is 0 Å². The second kappa shape index (κ2) is 4.93. The zero-order chi connectivity index (χ0) is 14.1. The van der Waals surface area contributed by atoms with Crippen molar-refractivity contribution in [1.29, 1.82) is 0 Å². The van der Waals surface area contributed by atoms with Crippen LogP contribution in [0, 0.1) is 0 Å². The first-order chi connectivity index (χ1) is 9.66. The predicted octanol–water partition coefficient (Wildman–Crippen LogP) is 1.93. The summed E-state index contributed by atoms with van der Waals surface area (Å²) < 4.78 is 1.90. The smallest absolute Gasteiger partial charge is 0.160 e. The van der Waals surface area contributed by atoms with E-state index < -0.39 is 0 Å². The molecule has 3 aromatic rings. The molecule has 7 nitrogen and oxygen atoms in total. The molecule has 3 N–H and O–H groups in total. The van der Waals surface area contributed by atoms with Crippen molar-refractivity contribution in [1.82, 2.24) is 24.6 Å². The van der Waals surface area contributed by atoms with Gasteiger partial charge in [0.2, 0.25) is 0 Å². The number of hydrogen-bond donors (Lipinski definition) is 2. The molecule has 3 heterocycles. The summed E-state index contributed by atoms with van der Waals surface area (Å²) in [5.74, 6) is 1.47. The van der Waals surface area contributed by atoms with Crippen LogP contribution in [0.2, 0.25) is 5.02 Å². The van der Waals surface area contributed by atoms with Gasteiger partial charge in [-0.15, -0.1) is 10.2 Å². The third kappa shape index (κ3) is 2.12. The maximum absolute atomic E-state index is 6.06. The van der Waals surface area contributed by atoms with Crippen molar-refractivity contribution in [2.24, 2.45) is 0 Å². The number of nitrogens with zero attached hydrogens (tertiary/aromatic N) is 5. The number of halogens is 1. The number of pyridine rings is 1. The summed E-state index contributed by atoms with van der Waals surface area (Å²) in [5, 5.41) is 11.7. The molecule has 3 aromatic heterocycles. The molecular formula is C12H12ClN7. The maximum Gasteiger partial charge on any atom is 0.160 e. The van der Waals surface area contributed by atoms with E-state index in [9.17, 15) is 0 Å². The van der Waals surface area contributed by atoms with Gasteiger partial charge in [-0.1, -0.05) is 17.7 Å². The Morgan fingerprint density at radius 1 is 1.30 bits per heavy atom. The number of nitrogens with one attached hydrogen (secondary N) is 1. The van der Waals surface area contributed by atoms with Crippen LogP contribution >= 0.6 is 11.6 Å². The summed E-state index contributed by atoms with van der Waals surface area (Å²) in [5.41, 5.74) is 6.43. The third-order valence-corrected chi connectivity index (χ3v) is 3.27. The zero-order valence-electron chi connectivity index (χ0n) is 10.7. The highest BCUT2D eigenvalue weighted by Crippen LogP contribution is 2.26. The van der Waals surface area contributed by atoms with Crippen LogP contribution in [0.25, 0.3) is 5.65 Å². The quantitative estimate of drug-likeness (QED) is 0.765. The van der Waals surface area contributed by atoms with Gasteiger partial charge in [-0.05, 0) is 19.1 Å². The number of fused-ring (bicyclic) bond motifs is 1. The number of rotatable bonds is 3. The van der Waals surface area contributed by atoms with Crippen molar-refractivity contribution in [3.63, 3.8) is 0 Å². The van der Waals surface area contributed by atoms with Crippen LogP contribution in [0.15, 0.2) is 30.7 Å². The molecule has 1 unspecified atom stereocenters. The lowest BCUT2D eigenvalue weighted by molar-refractivity contribution is 0.768. The molecule has 0 radical (unpaired) electrons. The summed E-state index contributed by atoms with van der Waals surface area (Å²) in [6.45, 7) is 1.94. The van der Waals surface area contributed by atoms with Crippen LogP contribution in [0.5, 0.6) is 0 Å². The Balaban J connectivity index is 1.93. The van der Waals surface area contributed by atoms with E-state index in [4.69, 9.17) is 17.3 Å². The molecule has 0 saturated carbocycles. The molecule has 1 atom stereocenters. The van der Waals surface area contributed by atoms with Gasteiger partial charge < -0.3 is 11.1 Å². The first-order valence-corrected chi connectivity index (χ1v) is 6.37. The van der Waals surface area contributed by atoms with Crippen LogP contribution in [-0.4, -0.2) is 24.6 Å². The molecule has 0 spiro atoms. The number of anilines is 2. The second-order valence-corrected chi connectivity index (χ2v) is 4.65. The van der Waals surface area contributed by atoms with Gasteiger partial charge in [0, 0.05) is 6.20 Å². The Morgan fingerprint density at radius 3 is 3.00 bits per heavy atom. The Hall–Kier alpha value is -2.41. The third-order valence-electron chi connectivity index (χ3n) is 2.90. The van der Waals surface area contributed by atoms with Crippen molar-refractivity contribution in [2.45, 2.75) is 13.0 Å². The molecule has 0 amide bonds. The second-order valence-electron chi connectivity index (χ2n) is 4.27. The zero-order valence-corrected chi connectivity index (χ0v) is 11.4. The van der Waals surface area contributed by atoms with Crippen molar-refractivity contribution in [2.75, 3.05) is 11.1 Å². The number of aromatic nitrogens is 5. The monoisotopic (exact) mass is 289 g/mol. The minimum absolute atomic E-state index is 0.140. The normalized spacial score (nSPS) is 12.5. The molecular weight excluding hydrogens is 278 g/mol. The van der Waals surface area contributed by atoms with Crippen LogP contribution in [-0.2, 0) is 0 Å². The fourth-order valence-electron chi connectivity index (χ4n) is 1.91. The highest BCUT2D eigenvalue weighted by atomic mass is 35.5. The summed E-state index contributed by atoms with van der Waals surface area (Å²) in [4.78, 5) is 7.90. The van der Waals surface area contributed by atoms with Gasteiger partial charge >= 0.3 is 0 Å². The molecule has 0 aliphatic rings. The largest absolute Gasteiger partial charge is 0.382 e. The molecule has 102 valence electrons. The Kier molecular flexibility index (Phi) is 3.11. The Labute approximate surface area is 119 Å². The SMILES string of the molecule is CC(Nc1ncnc(N)c1Cl)c1nnc2ccccn12. The van der Waals surface area contributed by atoms with Crippen LogP contribution in [0.1, 0.15) is 18.8 Å². The molecule has 0 aliphatic heterocycles. The van der Waals surface area contributed by atoms with Crippen LogP contribution in [0.4, 0.5) is 11.6 Å². The minimum atomic E-state index is -0.140. The molecule has 0 saturated heterocycles. The summed E-state index contributed by atoms with van der Waals surface area (Å²) >= 11 is 6.06. The van der Waals surface area contributed by atoms with Gasteiger partial charge in [0.15, 0.2) is 17.3 Å². The lowest BCUT2D eigenvalue weighted by Gasteiger charge is -2.14. The van der Waals surface area contributed by atoms with E-state index in [1.807, 2.05) is 35.7 Å². The fraction of sp³-hybridized carbons (Fsp3) is 0.167. The van der Waals surface area contributed by atoms with E-state index in [-0.39, 0.29) is 11.9 Å². The van der Waals surface area contributed by atoms with E-state index in [1.54, 1.807) is 0 Å². The summed E-state index contributed by atoms with van der Waals surface area (Å²) in [7, 11) is 0. The number of hydrogen-bond acceptors (Lipinski definition) is 6. The van der Waals surface area contributed by atoms with E-state index in [0.29, 0.717) is 10.8 Å². The van der Waals surface area contributed by atoms with E-state index in [1.165, 1.54) is 6.33 Å². The van der Waals surface area contributed by atoms with Gasteiger partial charge in [-0.3, -0.25) is 4.40 Å². The summed E-state index contributed by atoms with van der Waals surface area (Å²) in [6.07, 6.45) is 3.26. The molecule has 0 bridgehead atoms. The van der Waals surface area contributed by atoms with Gasteiger partial charge in [-0.2, -0.15) is 0 Å². The minimum Gasteiger partial charge on any atom is -0.382 e. The standard InChI is InChI=1S/C12H12ClN7/c1-7(17-11-9(13)10(14)15-6-16-11)12-19-18-8-4-2-3-5-20(8)12/h2-7H,1H3,(H3,14,15,16,17). The lowest BCUT2D eigenvalue weighted by Crippen LogP contribution is -2.12. The molecule has 20 heavy (non-hydrogen) atoms. The fourth-order valence-corrected chi connectivity index (χ4v) is 2.06. The molecule has 0 fully saturated rings. The molecule has 0 aliphatic carbocycles. The predicted molar refractivity (Wildman–Crippen MR) is 76.5 cm³/mol. The molecule has 0 aromatic carbocycles. The van der Waals surface area contributed by atoms with Crippen LogP contribution < -0.4 is 11.1 Å². The van der Waals surface area contributed by atoms with Gasteiger partial charge in [0.1, 0.15) is 17.2 Å². The lowest BCUT2D eigenvalue weighted by atomic mass is 10.3. The number of nitrogen functional groups attached to an aromatic ring is 1. The van der Waals surface area contributed by atoms with Crippen molar-refractivity contribution >= 4 is 28.9 Å². The average molecular weight is 290 g/mol. The topological polar surface area (TPSA) is 94.0 Å². The van der Waals surface area contributed by atoms with Crippen molar-refractivity contribution < 1.29 is 0 Å². The highest BCUT2D eigenvalue weighted by Gasteiger charge is 2.15. The van der Waals surface area contributed by atoms with Gasteiger partial charge in [0.05, 0.1) is 6.04 Å². The Bertz CT molecular complexity index is 754. The van der Waals surface area contributed by atoms with E-state index in [0.717, 1.165) is 11.5 Å². The van der Waals surface area contributed by atoms with Gasteiger partial charge in [0.25, 0.3) is 0 Å². The molecule has 8 heteroatoms. The first kappa shape index (κ1) is 12.6. The maximum atomic E-state index is 6.06. The average Bonchev–Trinajstić information content (AvgIpc) is 2.88. The van der Waals surface area contributed by atoms with Gasteiger partial charge in [-0.25, -0.2) is 9.97 Å². The van der Waals surface area contributed by atoms with E-state index >= 15 is 0 Å². The molecule has 3 rings (SSSR count). The van der Waals surface area contributed by atoms with Crippen molar-refractivity contribution in [3.05, 3.63) is 41.6 Å². The first-order valence-electron chi connectivity index (χ1n) is 5.99.